The molecule has 5 nitrogen and oxygen atoms in total. The fourth-order valence-electron chi connectivity index (χ4n) is 1.81. The minimum absolute atomic E-state index is 0.0498. The molecule has 19 heavy (non-hydrogen) atoms. The summed E-state index contributed by atoms with van der Waals surface area (Å²) < 4.78 is 0. The largest absolute Gasteiger partial charge is 0.346 e. The van der Waals surface area contributed by atoms with Crippen LogP contribution in [0.4, 0.5) is 0 Å². The van der Waals surface area contributed by atoms with Gasteiger partial charge in [-0.15, -0.1) is 0 Å². The van der Waals surface area contributed by atoms with Gasteiger partial charge in [0.15, 0.2) is 0 Å². The zero-order valence-electron chi connectivity index (χ0n) is 12.6. The Balaban J connectivity index is 0.000000303. The van der Waals surface area contributed by atoms with E-state index >= 15 is 0 Å². The predicted molar refractivity (Wildman–Crippen MR) is 74.5 cm³/mol. The van der Waals surface area contributed by atoms with Crippen LogP contribution in [-0.4, -0.2) is 48.2 Å². The maximum atomic E-state index is 10.7. The van der Waals surface area contributed by atoms with Gasteiger partial charge in [0.2, 0.25) is 17.7 Å². The van der Waals surface area contributed by atoms with E-state index < -0.39 is 0 Å². The van der Waals surface area contributed by atoms with Crippen LogP contribution in [0.2, 0.25) is 0 Å². The van der Waals surface area contributed by atoms with Crippen molar-refractivity contribution in [2.75, 3.05) is 20.6 Å². The highest BCUT2D eigenvalue weighted by Gasteiger charge is 2.20. The first-order valence-corrected chi connectivity index (χ1v) is 7.05. The molecule has 2 aliphatic heterocycles. The summed E-state index contributed by atoms with van der Waals surface area (Å²) in [7, 11) is 3.39. The van der Waals surface area contributed by atoms with Gasteiger partial charge >= 0.3 is 0 Å². The topological polar surface area (TPSA) is 57.7 Å². The van der Waals surface area contributed by atoms with Gasteiger partial charge in [-0.3, -0.25) is 19.3 Å². The summed E-state index contributed by atoms with van der Waals surface area (Å²) in [6.45, 7) is 4.96. The van der Waals surface area contributed by atoms with E-state index in [9.17, 15) is 14.4 Å². The molecule has 0 aromatic rings. The van der Waals surface area contributed by atoms with Crippen molar-refractivity contribution in [3.8, 4) is 0 Å². The quantitative estimate of drug-likeness (QED) is 0.631. The molecule has 2 aliphatic rings. The number of nitrogens with zero attached hydrogens (tertiary/aromatic N) is 2. The van der Waals surface area contributed by atoms with Crippen LogP contribution in [0, 0.1) is 0 Å². The van der Waals surface area contributed by atoms with Crippen molar-refractivity contribution >= 4 is 17.7 Å². The molecule has 0 aliphatic carbocycles. The first kappa shape index (κ1) is 17.6. The monoisotopic (exact) mass is 270 g/mol. The molecule has 2 saturated heterocycles. The minimum Gasteiger partial charge on any atom is -0.346 e. The molecule has 2 heterocycles. The normalized spacial score (nSPS) is 19.3. The summed E-state index contributed by atoms with van der Waals surface area (Å²) in [5.74, 6) is 0.203. The molecule has 0 aromatic heterocycles. The fraction of sp³-hybridized carbons (Fsp3) is 0.786. The third-order valence-electron chi connectivity index (χ3n) is 3.09. The predicted octanol–water partition coefficient (Wildman–Crippen LogP) is 1.81. The van der Waals surface area contributed by atoms with Crippen molar-refractivity contribution < 1.29 is 14.4 Å². The van der Waals surface area contributed by atoms with Gasteiger partial charge in [-0.2, -0.15) is 0 Å². The van der Waals surface area contributed by atoms with Crippen LogP contribution in [-0.2, 0) is 14.4 Å². The van der Waals surface area contributed by atoms with E-state index in [0.29, 0.717) is 18.7 Å². The average Bonchev–Trinajstić information content (AvgIpc) is 2.42. The molecule has 0 aromatic carbocycles. The first-order valence-electron chi connectivity index (χ1n) is 7.05. The summed E-state index contributed by atoms with van der Waals surface area (Å²) in [6, 6.07) is 0. The van der Waals surface area contributed by atoms with Gasteiger partial charge in [0.25, 0.3) is 0 Å². The van der Waals surface area contributed by atoms with E-state index in [1.54, 1.807) is 4.90 Å². The van der Waals surface area contributed by atoms with E-state index in [1.165, 1.54) is 18.4 Å². The van der Waals surface area contributed by atoms with Gasteiger partial charge in [0.05, 0.1) is 0 Å². The number of amides is 3. The Morgan fingerprint density at radius 3 is 1.53 bits per heavy atom. The van der Waals surface area contributed by atoms with Crippen molar-refractivity contribution in [1.29, 1.82) is 0 Å². The standard InChI is InChI=1S/C6H9NO2.C6H11NO.C2H6/c1-7-5(8)3-2-4-6(7)9;1-7-5-3-2-4-6(7)8;1-2/h2-4H2,1H3;2-5H2,1H3;1-2H3. The zero-order valence-corrected chi connectivity index (χ0v) is 12.6. The second-order valence-corrected chi connectivity index (χ2v) is 4.47. The highest BCUT2D eigenvalue weighted by atomic mass is 16.2. The summed E-state index contributed by atoms with van der Waals surface area (Å²) in [5, 5.41) is 0. The van der Waals surface area contributed by atoms with Crippen LogP contribution in [0.1, 0.15) is 52.4 Å². The number of carbonyl (C=O) groups is 3. The summed E-state index contributed by atoms with van der Waals surface area (Å²) >= 11 is 0. The van der Waals surface area contributed by atoms with E-state index in [2.05, 4.69) is 0 Å². The van der Waals surface area contributed by atoms with Gasteiger partial charge in [0.1, 0.15) is 0 Å². The molecule has 0 unspecified atom stereocenters. The summed E-state index contributed by atoms with van der Waals surface area (Å²) in [6.07, 6.45) is 4.81. The van der Waals surface area contributed by atoms with Gasteiger partial charge in [-0.05, 0) is 19.3 Å². The Morgan fingerprint density at radius 1 is 0.737 bits per heavy atom. The van der Waals surface area contributed by atoms with Gasteiger partial charge in [0, 0.05) is 39.9 Å². The van der Waals surface area contributed by atoms with E-state index in [0.717, 1.165) is 25.8 Å². The van der Waals surface area contributed by atoms with Gasteiger partial charge in [-0.1, -0.05) is 13.8 Å². The SMILES string of the molecule is CC.CN1C(=O)CCCC1=O.CN1CCCCC1=O. The smallest absolute Gasteiger partial charge is 0.228 e. The molecule has 0 spiro atoms. The lowest BCUT2D eigenvalue weighted by Gasteiger charge is -2.21. The van der Waals surface area contributed by atoms with Crippen LogP contribution in [0.3, 0.4) is 0 Å². The number of carbonyl (C=O) groups excluding carboxylic acids is 3. The van der Waals surface area contributed by atoms with Crippen molar-refractivity contribution in [2.45, 2.75) is 52.4 Å². The summed E-state index contributed by atoms with van der Waals surface area (Å²) in [4.78, 5) is 35.1. The van der Waals surface area contributed by atoms with E-state index in [4.69, 9.17) is 0 Å². The molecular formula is C14H26N2O3. The Morgan fingerprint density at radius 2 is 1.21 bits per heavy atom. The highest BCUT2D eigenvalue weighted by molar-refractivity contribution is 5.97. The first-order chi connectivity index (χ1) is 9.02. The van der Waals surface area contributed by atoms with Gasteiger partial charge in [-0.25, -0.2) is 0 Å². The second kappa shape index (κ2) is 9.53. The lowest BCUT2D eigenvalue weighted by molar-refractivity contribution is -0.146. The van der Waals surface area contributed by atoms with Crippen molar-refractivity contribution in [3.63, 3.8) is 0 Å². The number of hydrogen-bond acceptors (Lipinski definition) is 3. The van der Waals surface area contributed by atoms with E-state index in [1.807, 2.05) is 20.9 Å². The Hall–Kier alpha value is -1.39. The molecule has 0 radical (unpaired) electrons. The number of piperidine rings is 2. The lowest BCUT2D eigenvalue weighted by Crippen LogP contribution is -2.36. The van der Waals surface area contributed by atoms with Crippen LogP contribution >= 0.6 is 0 Å². The van der Waals surface area contributed by atoms with Crippen molar-refractivity contribution in [1.82, 2.24) is 9.80 Å². The third-order valence-corrected chi connectivity index (χ3v) is 3.09. The molecular weight excluding hydrogens is 244 g/mol. The zero-order chi connectivity index (χ0) is 14.8. The minimum atomic E-state index is -0.0498. The average molecular weight is 270 g/mol. The molecule has 3 amide bonds. The van der Waals surface area contributed by atoms with Crippen molar-refractivity contribution in [2.24, 2.45) is 0 Å². The Labute approximate surface area is 115 Å². The van der Waals surface area contributed by atoms with Crippen LogP contribution in [0.25, 0.3) is 0 Å². The number of rotatable bonds is 0. The van der Waals surface area contributed by atoms with Crippen molar-refractivity contribution in [3.05, 3.63) is 0 Å². The van der Waals surface area contributed by atoms with Crippen LogP contribution in [0.15, 0.2) is 0 Å². The molecule has 0 bridgehead atoms. The number of imide groups is 1. The highest BCUT2D eigenvalue weighted by Crippen LogP contribution is 2.09. The molecule has 0 N–H and O–H groups in total. The molecule has 2 fully saturated rings. The molecule has 2 rings (SSSR count). The maximum absolute atomic E-state index is 10.7. The molecule has 0 saturated carbocycles. The second-order valence-electron chi connectivity index (χ2n) is 4.47. The molecule has 5 heteroatoms. The Bertz CT molecular complexity index is 300. The number of hydrogen-bond donors (Lipinski definition) is 0. The van der Waals surface area contributed by atoms with Crippen LogP contribution < -0.4 is 0 Å². The maximum Gasteiger partial charge on any atom is 0.228 e. The molecule has 0 atom stereocenters. The fourth-order valence-corrected chi connectivity index (χ4v) is 1.81. The molecule has 110 valence electrons. The summed E-state index contributed by atoms with van der Waals surface area (Å²) in [5.41, 5.74) is 0. The number of likely N-dealkylation sites (tertiary alicyclic amines) is 2. The van der Waals surface area contributed by atoms with Gasteiger partial charge < -0.3 is 4.90 Å². The lowest BCUT2D eigenvalue weighted by atomic mass is 10.1. The Kier molecular flexibility index (Phi) is 8.83. The van der Waals surface area contributed by atoms with Crippen LogP contribution in [0.5, 0.6) is 0 Å². The van der Waals surface area contributed by atoms with E-state index in [-0.39, 0.29) is 11.8 Å². The third kappa shape index (κ3) is 6.36.